The average molecular weight is 209 g/mol. The second kappa shape index (κ2) is 3.88. The van der Waals surface area contributed by atoms with Crippen molar-refractivity contribution in [3.63, 3.8) is 0 Å². The molecule has 1 aliphatic rings. The standard InChI is InChI=1S/C9H11N3OS/c10-8(14)7-9(12-5-4-11-7)13-6-2-1-3-6/h4-6H,1-3H2,(H2,10,14). The second-order valence-electron chi connectivity index (χ2n) is 3.25. The number of hydrogen-bond donors (Lipinski definition) is 1. The zero-order valence-electron chi connectivity index (χ0n) is 7.64. The van der Waals surface area contributed by atoms with Gasteiger partial charge in [0.1, 0.15) is 11.1 Å². The molecule has 0 radical (unpaired) electrons. The first-order chi connectivity index (χ1) is 6.77. The fourth-order valence-electron chi connectivity index (χ4n) is 1.23. The van der Waals surface area contributed by atoms with Crippen molar-refractivity contribution < 1.29 is 4.74 Å². The maximum absolute atomic E-state index is 5.60. The van der Waals surface area contributed by atoms with Crippen LogP contribution >= 0.6 is 12.2 Å². The Morgan fingerprint density at radius 2 is 2.14 bits per heavy atom. The third-order valence-corrected chi connectivity index (χ3v) is 2.42. The first-order valence-corrected chi connectivity index (χ1v) is 4.95. The summed E-state index contributed by atoms with van der Waals surface area (Å²) in [6.07, 6.45) is 6.77. The fraction of sp³-hybridized carbons (Fsp3) is 0.444. The summed E-state index contributed by atoms with van der Waals surface area (Å²) < 4.78 is 5.60. The van der Waals surface area contributed by atoms with Gasteiger partial charge in [0.15, 0.2) is 5.69 Å². The number of nitrogens with zero attached hydrogens (tertiary/aromatic N) is 2. The molecule has 0 atom stereocenters. The molecule has 4 nitrogen and oxygen atoms in total. The molecule has 0 aliphatic heterocycles. The van der Waals surface area contributed by atoms with Crippen LogP contribution < -0.4 is 10.5 Å². The molecule has 0 amide bonds. The van der Waals surface area contributed by atoms with Gasteiger partial charge in [-0.2, -0.15) is 0 Å². The largest absolute Gasteiger partial charge is 0.473 e. The summed E-state index contributed by atoms with van der Waals surface area (Å²) >= 11 is 4.85. The molecule has 0 bridgehead atoms. The molecule has 1 saturated carbocycles. The van der Waals surface area contributed by atoms with Crippen molar-refractivity contribution >= 4 is 17.2 Å². The van der Waals surface area contributed by atoms with Crippen molar-refractivity contribution in [2.75, 3.05) is 0 Å². The van der Waals surface area contributed by atoms with Crippen molar-refractivity contribution in [3.8, 4) is 5.88 Å². The van der Waals surface area contributed by atoms with Gasteiger partial charge in [-0.05, 0) is 19.3 Å². The summed E-state index contributed by atoms with van der Waals surface area (Å²) in [5, 5.41) is 0. The van der Waals surface area contributed by atoms with Gasteiger partial charge in [0, 0.05) is 12.4 Å². The summed E-state index contributed by atoms with van der Waals surface area (Å²) in [6.45, 7) is 0. The minimum absolute atomic E-state index is 0.229. The summed E-state index contributed by atoms with van der Waals surface area (Å²) in [4.78, 5) is 8.33. The Balaban J connectivity index is 2.17. The van der Waals surface area contributed by atoms with E-state index in [1.54, 1.807) is 12.4 Å². The summed E-state index contributed by atoms with van der Waals surface area (Å²) in [5.74, 6) is 0.463. The highest BCUT2D eigenvalue weighted by molar-refractivity contribution is 7.80. The van der Waals surface area contributed by atoms with E-state index in [9.17, 15) is 0 Å². The van der Waals surface area contributed by atoms with Gasteiger partial charge in [-0.1, -0.05) is 12.2 Å². The molecule has 1 aliphatic carbocycles. The predicted octanol–water partition coefficient (Wildman–Crippen LogP) is 1.04. The van der Waals surface area contributed by atoms with E-state index in [1.165, 1.54) is 6.42 Å². The molecule has 1 aromatic heterocycles. The van der Waals surface area contributed by atoms with Crippen LogP contribution in [-0.4, -0.2) is 21.1 Å². The van der Waals surface area contributed by atoms with Crippen molar-refractivity contribution in [1.29, 1.82) is 0 Å². The molecule has 1 heterocycles. The van der Waals surface area contributed by atoms with Crippen LogP contribution in [0.2, 0.25) is 0 Å². The van der Waals surface area contributed by atoms with Crippen molar-refractivity contribution in [2.45, 2.75) is 25.4 Å². The Bertz CT molecular complexity index is 352. The quantitative estimate of drug-likeness (QED) is 0.754. The lowest BCUT2D eigenvalue weighted by Gasteiger charge is -2.26. The van der Waals surface area contributed by atoms with Gasteiger partial charge in [-0.25, -0.2) is 9.97 Å². The van der Waals surface area contributed by atoms with Gasteiger partial charge in [-0.15, -0.1) is 0 Å². The van der Waals surface area contributed by atoms with E-state index in [2.05, 4.69) is 9.97 Å². The molecule has 1 aromatic rings. The molecular formula is C9H11N3OS. The molecule has 2 N–H and O–H groups in total. The van der Waals surface area contributed by atoms with Crippen LogP contribution in [0.4, 0.5) is 0 Å². The van der Waals surface area contributed by atoms with Crippen molar-refractivity contribution in [1.82, 2.24) is 9.97 Å². The van der Waals surface area contributed by atoms with E-state index in [-0.39, 0.29) is 11.1 Å². The highest BCUT2D eigenvalue weighted by Crippen LogP contribution is 2.24. The maximum Gasteiger partial charge on any atom is 0.243 e. The van der Waals surface area contributed by atoms with Gasteiger partial charge in [0.05, 0.1) is 0 Å². The molecule has 2 rings (SSSR count). The molecule has 1 fully saturated rings. The third-order valence-electron chi connectivity index (χ3n) is 2.23. The monoisotopic (exact) mass is 209 g/mol. The predicted molar refractivity (Wildman–Crippen MR) is 56.2 cm³/mol. The first kappa shape index (κ1) is 9.33. The molecule has 0 spiro atoms. The van der Waals surface area contributed by atoms with Crippen LogP contribution in [-0.2, 0) is 0 Å². The lowest BCUT2D eigenvalue weighted by atomic mass is 9.96. The van der Waals surface area contributed by atoms with Gasteiger partial charge in [-0.3, -0.25) is 0 Å². The average Bonchev–Trinajstić information content (AvgIpc) is 2.12. The summed E-state index contributed by atoms with van der Waals surface area (Å²) in [7, 11) is 0. The number of rotatable bonds is 3. The van der Waals surface area contributed by atoms with Crippen LogP contribution in [0.5, 0.6) is 5.88 Å². The molecule has 5 heteroatoms. The first-order valence-electron chi connectivity index (χ1n) is 4.55. The van der Waals surface area contributed by atoms with Crippen molar-refractivity contribution in [2.24, 2.45) is 5.73 Å². The summed E-state index contributed by atoms with van der Waals surface area (Å²) in [6, 6.07) is 0. The zero-order chi connectivity index (χ0) is 9.97. The van der Waals surface area contributed by atoms with E-state index in [0.29, 0.717) is 11.6 Å². The normalized spacial score (nSPS) is 16.0. The van der Waals surface area contributed by atoms with E-state index in [4.69, 9.17) is 22.7 Å². The third kappa shape index (κ3) is 1.82. The van der Waals surface area contributed by atoms with E-state index >= 15 is 0 Å². The second-order valence-corrected chi connectivity index (χ2v) is 3.68. The van der Waals surface area contributed by atoms with Gasteiger partial charge in [0.25, 0.3) is 0 Å². The Labute approximate surface area is 87.5 Å². The molecular weight excluding hydrogens is 198 g/mol. The molecule has 0 saturated heterocycles. The molecule has 74 valence electrons. The number of aromatic nitrogens is 2. The minimum atomic E-state index is 0.229. The van der Waals surface area contributed by atoms with Gasteiger partial charge in [0.2, 0.25) is 5.88 Å². The van der Waals surface area contributed by atoms with Crippen LogP contribution in [0.15, 0.2) is 12.4 Å². The molecule has 14 heavy (non-hydrogen) atoms. The van der Waals surface area contributed by atoms with E-state index < -0.39 is 0 Å². The van der Waals surface area contributed by atoms with E-state index in [1.807, 2.05) is 0 Å². The van der Waals surface area contributed by atoms with Gasteiger partial charge < -0.3 is 10.5 Å². The number of thiocarbonyl (C=S) groups is 1. The number of hydrogen-bond acceptors (Lipinski definition) is 4. The van der Waals surface area contributed by atoms with Crippen molar-refractivity contribution in [3.05, 3.63) is 18.1 Å². The lowest BCUT2D eigenvalue weighted by Crippen LogP contribution is -2.26. The Morgan fingerprint density at radius 3 is 2.71 bits per heavy atom. The highest BCUT2D eigenvalue weighted by atomic mass is 32.1. The highest BCUT2D eigenvalue weighted by Gasteiger charge is 2.21. The smallest absolute Gasteiger partial charge is 0.243 e. The minimum Gasteiger partial charge on any atom is -0.473 e. The van der Waals surface area contributed by atoms with Crippen LogP contribution in [0, 0.1) is 0 Å². The SMILES string of the molecule is NC(=S)c1nccnc1OC1CCC1. The number of nitrogens with two attached hydrogens (primary N) is 1. The van der Waals surface area contributed by atoms with Gasteiger partial charge >= 0.3 is 0 Å². The lowest BCUT2D eigenvalue weighted by molar-refractivity contribution is 0.114. The zero-order valence-corrected chi connectivity index (χ0v) is 8.46. The Kier molecular flexibility index (Phi) is 2.58. The molecule has 0 unspecified atom stereocenters. The van der Waals surface area contributed by atoms with Crippen LogP contribution in [0.3, 0.4) is 0 Å². The Morgan fingerprint density at radius 1 is 1.43 bits per heavy atom. The maximum atomic E-state index is 5.60. The van der Waals surface area contributed by atoms with Crippen LogP contribution in [0.25, 0.3) is 0 Å². The Hall–Kier alpha value is -1.23. The summed E-state index contributed by atoms with van der Waals surface area (Å²) in [5.41, 5.74) is 5.98. The van der Waals surface area contributed by atoms with E-state index in [0.717, 1.165) is 12.8 Å². The topological polar surface area (TPSA) is 61.0 Å². The fourth-order valence-corrected chi connectivity index (χ4v) is 1.37. The van der Waals surface area contributed by atoms with Crippen LogP contribution in [0.1, 0.15) is 25.0 Å². The molecule has 0 aromatic carbocycles. The number of ether oxygens (including phenoxy) is 1.